The lowest BCUT2D eigenvalue weighted by Gasteiger charge is -2.36. The molecule has 3 heterocycles. The van der Waals surface area contributed by atoms with Crippen molar-refractivity contribution in [1.29, 1.82) is 0 Å². The van der Waals surface area contributed by atoms with E-state index < -0.39 is 17.6 Å². The minimum absolute atomic E-state index is 0.0203. The molecule has 0 bridgehead atoms. The summed E-state index contributed by atoms with van der Waals surface area (Å²) in [5.74, 6) is -0.382. The summed E-state index contributed by atoms with van der Waals surface area (Å²) in [7, 11) is 0. The average molecular weight is 489 g/mol. The summed E-state index contributed by atoms with van der Waals surface area (Å²) in [6.07, 6.45) is 0.201. The Morgan fingerprint density at radius 2 is 2.00 bits per heavy atom. The van der Waals surface area contributed by atoms with Gasteiger partial charge in [-0.05, 0) is 37.1 Å². The van der Waals surface area contributed by atoms with Crippen molar-refractivity contribution in [2.45, 2.75) is 37.8 Å². The Morgan fingerprint density at radius 3 is 2.76 bits per heavy atom. The Hall–Kier alpha value is -3.18. The van der Waals surface area contributed by atoms with Gasteiger partial charge in [0.15, 0.2) is 5.17 Å². The van der Waals surface area contributed by atoms with Crippen molar-refractivity contribution in [2.75, 3.05) is 11.1 Å². The number of nitrogens with zero attached hydrogens (tertiary/aromatic N) is 3. The number of amidine groups is 1. The number of hydrazone groups is 1. The summed E-state index contributed by atoms with van der Waals surface area (Å²) in [5.41, 5.74) is 8.43. The lowest BCUT2D eigenvalue weighted by molar-refractivity contribution is -0.137. The third-order valence-electron chi connectivity index (χ3n) is 5.99. The van der Waals surface area contributed by atoms with Crippen molar-refractivity contribution in [3.63, 3.8) is 0 Å². The molecule has 0 radical (unpaired) electrons. The molecule has 3 aliphatic rings. The Morgan fingerprint density at radius 1 is 1.21 bits per heavy atom. The molecule has 5 rings (SSSR count). The van der Waals surface area contributed by atoms with Crippen LogP contribution in [0.5, 0.6) is 0 Å². The van der Waals surface area contributed by atoms with Gasteiger partial charge in [-0.2, -0.15) is 18.3 Å². The molecule has 2 aromatic carbocycles. The number of hydrogen-bond donors (Lipinski definition) is 3. The molecule has 1 amide bonds. The number of anilines is 1. The van der Waals surface area contributed by atoms with E-state index in [2.05, 4.69) is 57.5 Å². The third-order valence-corrected chi connectivity index (χ3v) is 6.96. The molecular formula is C23H23F3N6OS. The zero-order valence-corrected chi connectivity index (χ0v) is 19.0. The molecular weight excluding hydrogens is 465 g/mol. The first-order valence-corrected chi connectivity index (χ1v) is 11.8. The fourth-order valence-corrected chi connectivity index (χ4v) is 5.04. The molecule has 0 saturated carbocycles. The minimum atomic E-state index is -4.46. The van der Waals surface area contributed by atoms with E-state index in [9.17, 15) is 18.0 Å². The number of benzene rings is 2. The second-order valence-electron chi connectivity index (χ2n) is 8.39. The van der Waals surface area contributed by atoms with E-state index in [4.69, 9.17) is 0 Å². The molecule has 3 N–H and O–H groups in total. The maximum Gasteiger partial charge on any atom is 0.416 e. The van der Waals surface area contributed by atoms with Crippen LogP contribution in [0.4, 0.5) is 18.9 Å². The summed E-state index contributed by atoms with van der Waals surface area (Å²) >= 11 is 1.23. The van der Waals surface area contributed by atoms with Crippen LogP contribution in [0.1, 0.15) is 29.2 Å². The second-order valence-corrected chi connectivity index (χ2v) is 9.33. The fraction of sp³-hybridized carbons (Fsp3) is 0.304. The van der Waals surface area contributed by atoms with Crippen molar-refractivity contribution in [1.82, 2.24) is 20.8 Å². The van der Waals surface area contributed by atoms with Gasteiger partial charge in [-0.25, -0.2) is 5.43 Å². The summed E-state index contributed by atoms with van der Waals surface area (Å²) in [5, 5.41) is 9.65. The fourth-order valence-electron chi connectivity index (χ4n) is 4.27. The highest BCUT2D eigenvalue weighted by atomic mass is 32.2. The highest BCUT2D eigenvalue weighted by Gasteiger charge is 2.44. The van der Waals surface area contributed by atoms with Crippen molar-refractivity contribution in [3.05, 3.63) is 77.6 Å². The molecule has 0 spiro atoms. The van der Waals surface area contributed by atoms with Crippen LogP contribution < -0.4 is 16.2 Å². The van der Waals surface area contributed by atoms with Gasteiger partial charge in [0.25, 0.3) is 0 Å². The van der Waals surface area contributed by atoms with Crippen LogP contribution in [0.2, 0.25) is 0 Å². The summed E-state index contributed by atoms with van der Waals surface area (Å²) in [6.45, 7) is 2.06. The van der Waals surface area contributed by atoms with Crippen LogP contribution >= 0.6 is 11.8 Å². The van der Waals surface area contributed by atoms with E-state index in [1.165, 1.54) is 35.0 Å². The van der Waals surface area contributed by atoms with Gasteiger partial charge in [0, 0.05) is 18.1 Å². The van der Waals surface area contributed by atoms with Crippen LogP contribution in [0.15, 0.2) is 66.0 Å². The van der Waals surface area contributed by atoms with Gasteiger partial charge < -0.3 is 15.2 Å². The highest BCUT2D eigenvalue weighted by molar-refractivity contribution is 8.14. The van der Waals surface area contributed by atoms with Crippen LogP contribution in [0, 0.1) is 6.92 Å². The molecule has 1 fully saturated rings. The van der Waals surface area contributed by atoms with Gasteiger partial charge in [0.1, 0.15) is 6.17 Å². The number of amides is 1. The topological polar surface area (TPSA) is 72.0 Å². The maximum atomic E-state index is 12.9. The predicted molar refractivity (Wildman–Crippen MR) is 125 cm³/mol. The molecule has 3 unspecified atom stereocenters. The second kappa shape index (κ2) is 8.88. The monoisotopic (exact) mass is 488 g/mol. The van der Waals surface area contributed by atoms with Crippen LogP contribution in [-0.2, 0) is 11.0 Å². The largest absolute Gasteiger partial charge is 0.416 e. The van der Waals surface area contributed by atoms with E-state index in [1.54, 1.807) is 0 Å². The number of hydrazine groups is 1. The van der Waals surface area contributed by atoms with E-state index in [1.807, 2.05) is 17.3 Å². The van der Waals surface area contributed by atoms with Gasteiger partial charge in [-0.3, -0.25) is 10.2 Å². The predicted octanol–water partition coefficient (Wildman–Crippen LogP) is 3.99. The normalized spacial score (nSPS) is 23.3. The Balaban J connectivity index is 1.17. The Labute approximate surface area is 199 Å². The van der Waals surface area contributed by atoms with E-state index >= 15 is 0 Å². The number of thioether (sulfide) groups is 1. The quantitative estimate of drug-likeness (QED) is 0.605. The van der Waals surface area contributed by atoms with Gasteiger partial charge in [-0.1, -0.05) is 47.7 Å². The van der Waals surface area contributed by atoms with Gasteiger partial charge in [0.05, 0.1) is 23.4 Å². The number of aryl methyl sites for hydroxylation is 1. The third kappa shape index (κ3) is 4.58. The van der Waals surface area contributed by atoms with Crippen molar-refractivity contribution >= 4 is 28.5 Å². The van der Waals surface area contributed by atoms with Crippen LogP contribution in [0.3, 0.4) is 0 Å². The Bertz CT molecular complexity index is 1140. The molecule has 1 saturated heterocycles. The first-order chi connectivity index (χ1) is 16.3. The number of carbonyl (C=O) groups excluding carboxylic acids is 1. The number of halogens is 3. The van der Waals surface area contributed by atoms with E-state index in [-0.39, 0.29) is 29.7 Å². The van der Waals surface area contributed by atoms with Crippen molar-refractivity contribution in [2.24, 2.45) is 5.10 Å². The van der Waals surface area contributed by atoms with Gasteiger partial charge in [-0.15, -0.1) is 0 Å². The first kappa shape index (κ1) is 22.6. The molecule has 0 aliphatic carbocycles. The molecule has 34 heavy (non-hydrogen) atoms. The summed E-state index contributed by atoms with van der Waals surface area (Å²) in [4.78, 5) is 14.3. The molecule has 11 heteroatoms. The summed E-state index contributed by atoms with van der Waals surface area (Å²) < 4.78 is 38.7. The average Bonchev–Trinajstić information content (AvgIpc) is 3.42. The van der Waals surface area contributed by atoms with E-state index in [0.29, 0.717) is 5.17 Å². The summed E-state index contributed by atoms with van der Waals surface area (Å²) in [6, 6.07) is 13.4. The molecule has 3 atom stereocenters. The number of carbonyl (C=O) groups is 1. The first-order valence-electron chi connectivity index (χ1n) is 10.8. The zero-order chi connectivity index (χ0) is 23.9. The van der Waals surface area contributed by atoms with Gasteiger partial charge >= 0.3 is 6.18 Å². The number of nitrogens with one attached hydrogen (secondary N) is 3. The SMILES string of the molecule is Cc1ccc(C2CC3C4NN=C(SCC(=O)Nc5cccc(C(F)(F)F)c5)N4C=CN3N2)cc1. The lowest BCUT2D eigenvalue weighted by atomic mass is 9.99. The van der Waals surface area contributed by atoms with Gasteiger partial charge in [0.2, 0.25) is 5.91 Å². The Kier molecular flexibility index (Phi) is 5.90. The molecule has 178 valence electrons. The zero-order valence-electron chi connectivity index (χ0n) is 18.2. The number of hydrogen-bond acceptors (Lipinski definition) is 7. The molecule has 7 nitrogen and oxygen atoms in total. The minimum Gasteiger partial charge on any atom is -0.325 e. The van der Waals surface area contributed by atoms with Crippen molar-refractivity contribution < 1.29 is 18.0 Å². The maximum absolute atomic E-state index is 12.9. The number of rotatable bonds is 4. The highest BCUT2D eigenvalue weighted by Crippen LogP contribution is 2.35. The van der Waals surface area contributed by atoms with Crippen LogP contribution in [-0.4, -0.2) is 38.9 Å². The van der Waals surface area contributed by atoms with Crippen LogP contribution in [0.25, 0.3) is 0 Å². The smallest absolute Gasteiger partial charge is 0.325 e. The molecule has 0 aromatic heterocycles. The molecule has 3 aliphatic heterocycles. The van der Waals surface area contributed by atoms with E-state index in [0.717, 1.165) is 18.6 Å². The van der Waals surface area contributed by atoms with Crippen molar-refractivity contribution in [3.8, 4) is 0 Å². The molecule has 2 aromatic rings. The standard InChI is InChI=1S/C23H23F3N6OS/c1-14-5-7-15(8-6-14)18-12-19-21-28-29-22(31(21)9-10-32(19)30-18)34-13-20(33)27-17-4-2-3-16(11-17)23(24,25)26/h2-11,18-19,21,28,30H,12-13H2,1H3,(H,27,33). The number of alkyl halides is 3. The lowest BCUT2D eigenvalue weighted by Crippen LogP contribution is -2.54. The number of fused-ring (bicyclic) bond motifs is 3.